The standard InChI is InChI=1S/C34H38N10O3/c1-6-34(45)40-25-18-26(30(46-5)19-28(25)42(4)15-14-41(2)3)39-31-20-33(37-22-36-31)44-27(12-16-47-44)23-9-7-10-24(17-23)29-21-35-32-11-8-13-38-43(29)32/h6-11,13,17-22,27H,1,12,14-16H2,2-5H3,(H,40,45)(H,36,37,39). The van der Waals surface area contributed by atoms with Gasteiger partial charge >= 0.3 is 0 Å². The Morgan fingerprint density at radius 1 is 1.09 bits per heavy atom. The molecule has 1 aliphatic rings. The van der Waals surface area contributed by atoms with E-state index in [0.717, 1.165) is 47.7 Å². The molecule has 5 aromatic rings. The Kier molecular flexibility index (Phi) is 9.27. The number of rotatable bonds is 12. The molecule has 0 radical (unpaired) electrons. The van der Waals surface area contributed by atoms with E-state index in [1.807, 2.05) is 73.3 Å². The second kappa shape index (κ2) is 13.8. The van der Waals surface area contributed by atoms with E-state index in [4.69, 9.17) is 9.57 Å². The lowest BCUT2D eigenvalue weighted by Crippen LogP contribution is -2.29. The fourth-order valence-electron chi connectivity index (χ4n) is 5.51. The highest BCUT2D eigenvalue weighted by atomic mass is 16.7. The number of aromatic nitrogens is 5. The molecule has 13 heteroatoms. The van der Waals surface area contributed by atoms with Crippen molar-refractivity contribution in [3.05, 3.63) is 91.5 Å². The van der Waals surface area contributed by atoms with Gasteiger partial charge in [-0.05, 0) is 50.0 Å². The summed E-state index contributed by atoms with van der Waals surface area (Å²) in [5.74, 6) is 1.41. The number of hydrogen-bond donors (Lipinski definition) is 2. The molecule has 47 heavy (non-hydrogen) atoms. The molecule has 0 spiro atoms. The molecule has 6 rings (SSSR count). The lowest BCUT2D eigenvalue weighted by molar-refractivity contribution is -0.111. The molecule has 242 valence electrons. The highest BCUT2D eigenvalue weighted by Gasteiger charge is 2.30. The lowest BCUT2D eigenvalue weighted by atomic mass is 10.0. The van der Waals surface area contributed by atoms with Crippen LogP contribution in [0.4, 0.5) is 28.7 Å². The average Bonchev–Trinajstić information content (AvgIpc) is 3.76. The number of fused-ring (bicyclic) bond motifs is 1. The van der Waals surface area contributed by atoms with Crippen molar-refractivity contribution in [1.82, 2.24) is 29.5 Å². The number of nitrogens with one attached hydrogen (secondary N) is 2. The van der Waals surface area contributed by atoms with Crippen LogP contribution in [0.1, 0.15) is 18.0 Å². The molecule has 0 bridgehead atoms. The smallest absolute Gasteiger partial charge is 0.247 e. The first-order valence-corrected chi connectivity index (χ1v) is 15.3. The van der Waals surface area contributed by atoms with Crippen molar-refractivity contribution >= 4 is 40.3 Å². The molecule has 1 fully saturated rings. The predicted octanol–water partition coefficient (Wildman–Crippen LogP) is 4.94. The van der Waals surface area contributed by atoms with Gasteiger partial charge in [0.1, 0.15) is 17.9 Å². The van der Waals surface area contributed by atoms with Crippen LogP contribution in [0, 0.1) is 0 Å². The van der Waals surface area contributed by atoms with Gasteiger partial charge in [0.05, 0.1) is 48.7 Å². The summed E-state index contributed by atoms with van der Waals surface area (Å²) in [6.45, 7) is 5.72. The van der Waals surface area contributed by atoms with Crippen LogP contribution in [0.2, 0.25) is 0 Å². The van der Waals surface area contributed by atoms with Gasteiger partial charge in [0, 0.05) is 50.5 Å². The Morgan fingerprint density at radius 3 is 2.77 bits per heavy atom. The number of carbonyl (C=O) groups excluding carboxylic acids is 1. The van der Waals surface area contributed by atoms with Crippen LogP contribution in [-0.2, 0) is 9.63 Å². The van der Waals surface area contributed by atoms with Crippen molar-refractivity contribution in [2.45, 2.75) is 12.5 Å². The number of nitrogens with zero attached hydrogens (tertiary/aromatic N) is 8. The summed E-state index contributed by atoms with van der Waals surface area (Å²) in [5.41, 5.74) is 5.83. The second-order valence-corrected chi connectivity index (χ2v) is 11.4. The van der Waals surface area contributed by atoms with Crippen LogP contribution in [0.3, 0.4) is 0 Å². The first-order valence-electron chi connectivity index (χ1n) is 15.3. The molecule has 3 aromatic heterocycles. The normalized spacial score (nSPS) is 14.4. The van der Waals surface area contributed by atoms with Crippen molar-refractivity contribution in [2.75, 3.05) is 68.5 Å². The Labute approximate surface area is 273 Å². The number of hydroxylamine groups is 1. The number of amides is 1. The van der Waals surface area contributed by atoms with Crippen LogP contribution in [0.5, 0.6) is 5.75 Å². The molecule has 13 nitrogen and oxygen atoms in total. The van der Waals surface area contributed by atoms with Crippen molar-refractivity contribution < 1.29 is 14.4 Å². The molecule has 2 aromatic carbocycles. The molecule has 4 heterocycles. The highest BCUT2D eigenvalue weighted by molar-refractivity contribution is 6.02. The Morgan fingerprint density at radius 2 is 1.96 bits per heavy atom. The quantitative estimate of drug-likeness (QED) is 0.181. The average molecular weight is 635 g/mol. The van der Waals surface area contributed by atoms with E-state index in [-0.39, 0.29) is 11.9 Å². The zero-order chi connectivity index (χ0) is 32.9. The Bertz CT molecular complexity index is 1890. The third kappa shape index (κ3) is 6.86. The molecule has 2 N–H and O–H groups in total. The van der Waals surface area contributed by atoms with Gasteiger partial charge in [-0.15, -0.1) is 0 Å². The summed E-state index contributed by atoms with van der Waals surface area (Å²) < 4.78 is 7.61. The maximum absolute atomic E-state index is 12.4. The minimum atomic E-state index is -0.313. The maximum Gasteiger partial charge on any atom is 0.247 e. The summed E-state index contributed by atoms with van der Waals surface area (Å²) in [6.07, 6.45) is 7.11. The zero-order valence-electron chi connectivity index (χ0n) is 26.9. The molecular weight excluding hydrogens is 596 g/mol. The van der Waals surface area contributed by atoms with Crippen LogP contribution in [0.25, 0.3) is 16.9 Å². The number of hydrogen-bond acceptors (Lipinski definition) is 11. The first-order chi connectivity index (χ1) is 22.8. The van der Waals surface area contributed by atoms with E-state index in [9.17, 15) is 4.79 Å². The first kappa shape index (κ1) is 31.5. The molecule has 1 amide bonds. The molecule has 0 saturated carbocycles. The van der Waals surface area contributed by atoms with Crippen LogP contribution in [0.15, 0.2) is 86.0 Å². The van der Waals surface area contributed by atoms with Gasteiger partial charge in [-0.3, -0.25) is 9.63 Å². The van der Waals surface area contributed by atoms with Crippen molar-refractivity contribution in [3.8, 4) is 17.0 Å². The molecule has 1 atom stereocenters. The third-order valence-corrected chi connectivity index (χ3v) is 7.95. The van der Waals surface area contributed by atoms with Gasteiger partial charge in [-0.25, -0.2) is 24.5 Å². The van der Waals surface area contributed by atoms with E-state index >= 15 is 0 Å². The van der Waals surface area contributed by atoms with Crippen molar-refractivity contribution in [1.29, 1.82) is 0 Å². The summed E-state index contributed by atoms with van der Waals surface area (Å²) in [6, 6.07) is 17.6. The minimum Gasteiger partial charge on any atom is -0.494 e. The number of imidazole rings is 1. The van der Waals surface area contributed by atoms with Crippen LogP contribution < -0.4 is 25.3 Å². The topological polar surface area (TPSA) is 125 Å². The van der Waals surface area contributed by atoms with Gasteiger partial charge < -0.3 is 25.2 Å². The van der Waals surface area contributed by atoms with Crippen molar-refractivity contribution in [3.63, 3.8) is 0 Å². The number of methoxy groups -OCH3 is 1. The SMILES string of the molecule is C=CC(=O)Nc1cc(Nc2cc(N3OCCC3c3cccc(-c4cnc5cccnn45)c3)ncn2)c(OC)cc1N(C)CCN(C)C. The summed E-state index contributed by atoms with van der Waals surface area (Å²) in [4.78, 5) is 36.2. The molecular formula is C34H38N10O3. The Balaban J connectivity index is 1.27. The molecule has 1 aliphatic heterocycles. The van der Waals surface area contributed by atoms with E-state index in [2.05, 4.69) is 65.3 Å². The number of ether oxygens (including phenoxy) is 1. The lowest BCUT2D eigenvalue weighted by Gasteiger charge is -2.26. The van der Waals surface area contributed by atoms with Crippen LogP contribution in [-0.4, -0.2) is 83.3 Å². The van der Waals surface area contributed by atoms with E-state index in [0.29, 0.717) is 35.4 Å². The predicted molar refractivity (Wildman–Crippen MR) is 183 cm³/mol. The minimum absolute atomic E-state index is 0.0721. The fourth-order valence-corrected chi connectivity index (χ4v) is 5.51. The van der Waals surface area contributed by atoms with E-state index in [1.54, 1.807) is 13.3 Å². The maximum atomic E-state index is 12.4. The van der Waals surface area contributed by atoms with Gasteiger partial charge in [0.25, 0.3) is 0 Å². The number of likely N-dealkylation sites (N-methyl/N-ethyl adjacent to an activating group) is 2. The fraction of sp³-hybridized carbons (Fsp3) is 0.265. The van der Waals surface area contributed by atoms with Crippen molar-refractivity contribution in [2.24, 2.45) is 0 Å². The second-order valence-electron chi connectivity index (χ2n) is 11.4. The van der Waals surface area contributed by atoms with Gasteiger partial charge in [-0.1, -0.05) is 24.8 Å². The van der Waals surface area contributed by atoms with Gasteiger partial charge in [0.2, 0.25) is 5.91 Å². The monoisotopic (exact) mass is 634 g/mol. The summed E-state index contributed by atoms with van der Waals surface area (Å²) in [7, 11) is 7.62. The summed E-state index contributed by atoms with van der Waals surface area (Å²) in [5, 5.41) is 12.6. The highest BCUT2D eigenvalue weighted by Crippen LogP contribution is 2.39. The Hall–Kier alpha value is -5.53. The van der Waals surface area contributed by atoms with Crippen LogP contribution >= 0.6 is 0 Å². The molecule has 1 saturated heterocycles. The third-order valence-electron chi connectivity index (χ3n) is 7.95. The van der Waals surface area contributed by atoms with Gasteiger partial charge in [-0.2, -0.15) is 5.10 Å². The summed E-state index contributed by atoms with van der Waals surface area (Å²) >= 11 is 0. The van der Waals surface area contributed by atoms with Gasteiger partial charge in [0.15, 0.2) is 11.5 Å². The molecule has 1 unspecified atom stereocenters. The largest absolute Gasteiger partial charge is 0.494 e. The molecule has 0 aliphatic carbocycles. The number of benzene rings is 2. The zero-order valence-corrected chi connectivity index (χ0v) is 26.9. The number of anilines is 5. The van der Waals surface area contributed by atoms with E-state index < -0.39 is 0 Å². The van der Waals surface area contributed by atoms with E-state index in [1.165, 1.54) is 12.4 Å². The number of carbonyl (C=O) groups is 1.